The highest BCUT2D eigenvalue weighted by atomic mass is 32.2. The van der Waals surface area contributed by atoms with Crippen LogP contribution in [0.4, 0.5) is 5.69 Å². The first-order valence-corrected chi connectivity index (χ1v) is 13.5. The van der Waals surface area contributed by atoms with E-state index in [0.717, 1.165) is 15.8 Å². The number of nitrogens with one attached hydrogen (secondary N) is 1. The number of benzene rings is 3. The van der Waals surface area contributed by atoms with E-state index in [-0.39, 0.29) is 4.90 Å². The summed E-state index contributed by atoms with van der Waals surface area (Å²) in [5.74, 6) is 0.00436. The second-order valence-electron chi connectivity index (χ2n) is 8.58. The van der Waals surface area contributed by atoms with E-state index in [9.17, 15) is 13.2 Å². The van der Waals surface area contributed by atoms with E-state index < -0.39 is 15.9 Å². The molecule has 0 atom stereocenters. The fourth-order valence-corrected chi connectivity index (χ4v) is 5.75. The van der Waals surface area contributed by atoms with E-state index in [1.54, 1.807) is 54.6 Å². The Morgan fingerprint density at radius 1 is 1.09 bits per heavy atom. The quantitative estimate of drug-likeness (QED) is 0.319. The molecule has 0 aliphatic heterocycles. The molecule has 0 saturated heterocycles. The molecule has 1 N–H and O–H groups in total. The molecule has 0 fully saturated rings. The lowest BCUT2D eigenvalue weighted by Gasteiger charge is -2.08. The number of aromatic nitrogens is 1. The number of aryl methyl sites for hydroxylation is 1. The lowest BCUT2D eigenvalue weighted by atomic mass is 10.0. The second-order valence-corrected chi connectivity index (χ2v) is 11.3. The minimum Gasteiger partial charge on any atom is -0.312 e. The van der Waals surface area contributed by atoms with E-state index >= 15 is 0 Å². The van der Waals surface area contributed by atoms with Crippen LogP contribution in [-0.4, -0.2) is 18.9 Å². The van der Waals surface area contributed by atoms with Gasteiger partial charge >= 0.3 is 0 Å². The number of nitrogens with zero attached hydrogens (tertiary/aromatic N) is 2. The van der Waals surface area contributed by atoms with Gasteiger partial charge in [-0.3, -0.25) is 9.52 Å². The molecule has 0 radical (unpaired) electrons. The number of rotatable bonds is 7. The van der Waals surface area contributed by atoms with Crippen LogP contribution in [0.5, 0.6) is 0 Å². The summed E-state index contributed by atoms with van der Waals surface area (Å²) in [6.45, 7) is 10.6. The topological polar surface area (TPSA) is 80.5 Å². The highest BCUT2D eigenvalue weighted by Gasteiger charge is 2.15. The van der Waals surface area contributed by atoms with Gasteiger partial charge in [0.15, 0.2) is 4.80 Å². The number of fused-ring (bicyclic) bond motifs is 1. The molecule has 4 rings (SSSR count). The van der Waals surface area contributed by atoms with Crippen LogP contribution in [0.25, 0.3) is 10.2 Å². The average Bonchev–Trinajstić information content (AvgIpc) is 3.16. The van der Waals surface area contributed by atoms with Crippen molar-refractivity contribution in [2.24, 2.45) is 4.99 Å². The molecule has 0 aliphatic rings. The molecule has 1 aromatic heterocycles. The van der Waals surface area contributed by atoms with Gasteiger partial charge in [0.25, 0.3) is 15.9 Å². The van der Waals surface area contributed by atoms with E-state index in [1.165, 1.54) is 16.9 Å². The largest absolute Gasteiger partial charge is 0.312 e. The number of carbonyl (C=O) groups excluding carboxylic acids is 1. The zero-order valence-electron chi connectivity index (χ0n) is 19.9. The van der Waals surface area contributed by atoms with Crippen LogP contribution >= 0.6 is 11.3 Å². The molecule has 0 saturated carbocycles. The van der Waals surface area contributed by atoms with Crippen molar-refractivity contribution in [2.75, 3.05) is 4.72 Å². The minimum absolute atomic E-state index is 0.176. The maximum absolute atomic E-state index is 12.9. The number of amides is 1. The summed E-state index contributed by atoms with van der Waals surface area (Å²) in [4.78, 5) is 18.1. The van der Waals surface area contributed by atoms with Gasteiger partial charge in [0, 0.05) is 17.8 Å². The van der Waals surface area contributed by atoms with Crippen molar-refractivity contribution in [3.8, 4) is 0 Å². The van der Waals surface area contributed by atoms with Crippen LogP contribution in [0, 0.1) is 6.92 Å². The SMILES string of the molecule is C=CCn1c(=NC(=O)c2ccc(NS(=O)(=O)c3ccc(C)cc3)cc2)sc2cc(C(C)C)ccc21. The Labute approximate surface area is 209 Å². The monoisotopic (exact) mass is 505 g/mol. The van der Waals surface area contributed by atoms with Gasteiger partial charge in [0.05, 0.1) is 15.1 Å². The van der Waals surface area contributed by atoms with Crippen molar-refractivity contribution in [3.63, 3.8) is 0 Å². The Balaban J connectivity index is 1.61. The van der Waals surface area contributed by atoms with E-state index in [1.807, 2.05) is 11.5 Å². The normalized spacial score (nSPS) is 12.3. The summed E-state index contributed by atoms with van der Waals surface area (Å²) in [5, 5.41) is 0. The smallest absolute Gasteiger partial charge is 0.279 e. The Morgan fingerprint density at radius 3 is 2.40 bits per heavy atom. The molecule has 0 bridgehead atoms. The predicted molar refractivity (Wildman–Crippen MR) is 142 cm³/mol. The number of thiazole rings is 1. The Morgan fingerprint density at radius 2 is 1.77 bits per heavy atom. The standard InChI is InChI=1S/C27H27N3O3S2/c1-5-16-30-24-15-10-21(18(2)3)17-25(24)34-27(30)28-26(31)20-8-11-22(12-9-20)29-35(32,33)23-13-6-19(4)7-14-23/h5-15,17-18,29H,1,16H2,2-4H3. The molecule has 0 unspecified atom stereocenters. The van der Waals surface area contributed by atoms with Gasteiger partial charge in [-0.15, -0.1) is 6.58 Å². The maximum atomic E-state index is 12.9. The molecule has 8 heteroatoms. The third-order valence-corrected chi connectivity index (χ3v) is 8.04. The maximum Gasteiger partial charge on any atom is 0.279 e. The number of carbonyl (C=O) groups is 1. The van der Waals surface area contributed by atoms with Crippen molar-refractivity contribution >= 4 is 43.2 Å². The lowest BCUT2D eigenvalue weighted by Crippen LogP contribution is -2.16. The van der Waals surface area contributed by atoms with Crippen LogP contribution < -0.4 is 9.52 Å². The van der Waals surface area contributed by atoms with Gasteiger partial charge in [0.2, 0.25) is 0 Å². The van der Waals surface area contributed by atoms with Crippen molar-refractivity contribution in [2.45, 2.75) is 38.1 Å². The first-order valence-electron chi connectivity index (χ1n) is 11.2. The first-order chi connectivity index (χ1) is 16.7. The number of sulfonamides is 1. The summed E-state index contributed by atoms with van der Waals surface area (Å²) >= 11 is 1.46. The van der Waals surface area contributed by atoms with Crippen molar-refractivity contribution < 1.29 is 13.2 Å². The molecular formula is C27H27N3O3S2. The van der Waals surface area contributed by atoms with Crippen molar-refractivity contribution in [1.82, 2.24) is 4.57 Å². The predicted octanol–water partition coefficient (Wildman–Crippen LogP) is 5.86. The zero-order valence-corrected chi connectivity index (χ0v) is 21.5. The zero-order chi connectivity index (χ0) is 25.2. The highest BCUT2D eigenvalue weighted by Crippen LogP contribution is 2.24. The number of hydrogen-bond donors (Lipinski definition) is 1. The Kier molecular flexibility index (Phi) is 7.05. The van der Waals surface area contributed by atoms with Gasteiger partial charge in [-0.25, -0.2) is 8.42 Å². The van der Waals surface area contributed by atoms with Gasteiger partial charge in [-0.2, -0.15) is 4.99 Å². The fourth-order valence-electron chi connectivity index (χ4n) is 3.60. The first kappa shape index (κ1) is 24.6. The Bertz CT molecular complexity index is 1560. The molecular weight excluding hydrogens is 478 g/mol. The number of anilines is 1. The molecule has 0 spiro atoms. The molecule has 4 aromatic rings. The summed E-state index contributed by atoms with van der Waals surface area (Å²) in [6, 6.07) is 19.2. The second kappa shape index (κ2) is 10.0. The molecule has 1 heterocycles. The van der Waals surface area contributed by atoms with E-state index in [2.05, 4.69) is 48.3 Å². The molecule has 6 nitrogen and oxygen atoms in total. The van der Waals surface area contributed by atoms with Crippen LogP contribution in [0.1, 0.15) is 41.3 Å². The number of allylic oxidation sites excluding steroid dienone is 1. The van der Waals surface area contributed by atoms with E-state index in [4.69, 9.17) is 0 Å². The van der Waals surface area contributed by atoms with Crippen LogP contribution in [0.2, 0.25) is 0 Å². The van der Waals surface area contributed by atoms with Crippen LogP contribution in [-0.2, 0) is 16.6 Å². The van der Waals surface area contributed by atoms with Gasteiger partial charge in [-0.05, 0) is 66.9 Å². The third-order valence-electron chi connectivity index (χ3n) is 5.60. The van der Waals surface area contributed by atoms with E-state index in [0.29, 0.717) is 28.5 Å². The minimum atomic E-state index is -3.72. The summed E-state index contributed by atoms with van der Waals surface area (Å²) < 4.78 is 30.8. The number of hydrogen-bond acceptors (Lipinski definition) is 4. The van der Waals surface area contributed by atoms with Crippen LogP contribution in [0.3, 0.4) is 0 Å². The average molecular weight is 506 g/mol. The van der Waals surface area contributed by atoms with Gasteiger partial charge in [0.1, 0.15) is 0 Å². The summed E-state index contributed by atoms with van der Waals surface area (Å²) in [5.41, 5.74) is 3.95. The molecule has 1 amide bonds. The van der Waals surface area contributed by atoms with Crippen molar-refractivity contribution in [3.05, 3.63) is 101 Å². The van der Waals surface area contributed by atoms with Gasteiger partial charge < -0.3 is 4.57 Å². The fraction of sp³-hybridized carbons (Fsp3) is 0.185. The third kappa shape index (κ3) is 5.44. The summed E-state index contributed by atoms with van der Waals surface area (Å²) in [6.07, 6.45) is 1.78. The van der Waals surface area contributed by atoms with Crippen molar-refractivity contribution in [1.29, 1.82) is 0 Å². The van der Waals surface area contributed by atoms with Crippen LogP contribution in [0.15, 0.2) is 89.3 Å². The van der Waals surface area contributed by atoms with Gasteiger partial charge in [-0.1, -0.05) is 55.0 Å². The molecule has 35 heavy (non-hydrogen) atoms. The molecule has 180 valence electrons. The summed E-state index contributed by atoms with van der Waals surface area (Å²) in [7, 11) is -3.72. The Hall–Kier alpha value is -3.49. The molecule has 0 aliphatic carbocycles. The highest BCUT2D eigenvalue weighted by molar-refractivity contribution is 7.92. The molecule has 3 aromatic carbocycles. The lowest BCUT2D eigenvalue weighted by molar-refractivity contribution is 0.0998.